The number of ether oxygens (including phenoxy) is 1. The smallest absolute Gasteiger partial charge is 0.407 e. The van der Waals surface area contributed by atoms with Gasteiger partial charge in [-0.15, -0.1) is 0 Å². The van der Waals surface area contributed by atoms with Crippen LogP contribution in [0.15, 0.2) is 0 Å². The van der Waals surface area contributed by atoms with Gasteiger partial charge in [0.05, 0.1) is 6.61 Å². The van der Waals surface area contributed by atoms with E-state index in [0.717, 1.165) is 0 Å². The molecule has 1 aliphatic rings. The van der Waals surface area contributed by atoms with Crippen molar-refractivity contribution in [3.05, 3.63) is 0 Å². The van der Waals surface area contributed by atoms with Crippen LogP contribution in [0.1, 0.15) is 20.8 Å². The minimum Gasteiger partial charge on any atom is -0.465 e. The maximum absolute atomic E-state index is 10.9. The first-order valence-corrected chi connectivity index (χ1v) is 5.43. The Balaban J connectivity index is 2.62. The van der Waals surface area contributed by atoms with Gasteiger partial charge in [-0.05, 0) is 5.41 Å². The maximum Gasteiger partial charge on any atom is 0.407 e. The summed E-state index contributed by atoms with van der Waals surface area (Å²) >= 11 is 5.07. The Morgan fingerprint density at radius 3 is 2.44 bits per heavy atom. The monoisotopic (exact) mass is 249 g/mol. The predicted molar refractivity (Wildman–Crippen MR) is 58.7 cm³/mol. The molecule has 0 aliphatic carbocycles. The topological polar surface area (TPSA) is 66.8 Å². The average molecular weight is 250 g/mol. The number of amides is 1. The Hall–Kier alpha value is -0.970. The third-order valence-corrected chi connectivity index (χ3v) is 2.87. The molecule has 1 amide bonds. The first-order valence-electron chi connectivity index (χ1n) is 5.05. The van der Waals surface area contributed by atoms with Gasteiger partial charge in [-0.1, -0.05) is 20.8 Å². The molecule has 1 heterocycles. The summed E-state index contributed by atoms with van der Waals surface area (Å²) in [5.41, 5.74) is -1.03. The van der Waals surface area contributed by atoms with Crippen LogP contribution in [0.25, 0.3) is 0 Å². The van der Waals surface area contributed by atoms with Gasteiger partial charge in [0.2, 0.25) is 0 Å². The van der Waals surface area contributed by atoms with E-state index in [1.54, 1.807) is 0 Å². The van der Waals surface area contributed by atoms with Crippen LogP contribution in [0.5, 0.6) is 0 Å². The molecule has 5 nitrogen and oxygen atoms in total. The maximum atomic E-state index is 10.9. The number of rotatable bonds is 2. The molecule has 1 rings (SSSR count). The SMILES string of the molecule is CC(C)(C)C1C(COC(=O)Cl)CN1C(=O)O. The van der Waals surface area contributed by atoms with Gasteiger partial charge in [0, 0.05) is 30.1 Å². The van der Waals surface area contributed by atoms with Crippen molar-refractivity contribution in [3.8, 4) is 0 Å². The Morgan fingerprint density at radius 2 is 2.06 bits per heavy atom. The van der Waals surface area contributed by atoms with Crippen LogP contribution < -0.4 is 0 Å². The van der Waals surface area contributed by atoms with Gasteiger partial charge in [-0.2, -0.15) is 0 Å². The molecule has 1 saturated heterocycles. The molecule has 0 spiro atoms. The minimum absolute atomic E-state index is 0.0267. The van der Waals surface area contributed by atoms with Crippen molar-refractivity contribution in [2.24, 2.45) is 11.3 Å². The number of hydrogen-bond donors (Lipinski definition) is 1. The fourth-order valence-corrected chi connectivity index (χ4v) is 2.33. The van der Waals surface area contributed by atoms with Crippen molar-refractivity contribution < 1.29 is 19.4 Å². The Bertz CT molecular complexity index is 298. The van der Waals surface area contributed by atoms with Crippen molar-refractivity contribution in [3.63, 3.8) is 0 Å². The third kappa shape index (κ3) is 2.78. The lowest BCUT2D eigenvalue weighted by Crippen LogP contribution is -2.64. The molecule has 6 heteroatoms. The van der Waals surface area contributed by atoms with Crippen molar-refractivity contribution in [2.75, 3.05) is 13.2 Å². The number of likely N-dealkylation sites (tertiary alicyclic amines) is 1. The molecule has 1 aliphatic heterocycles. The van der Waals surface area contributed by atoms with Crippen LogP contribution >= 0.6 is 11.6 Å². The van der Waals surface area contributed by atoms with E-state index in [-0.39, 0.29) is 24.0 Å². The summed E-state index contributed by atoms with van der Waals surface area (Å²) in [7, 11) is 0. The van der Waals surface area contributed by atoms with Gasteiger partial charge in [0.1, 0.15) is 0 Å². The molecule has 1 N–H and O–H groups in total. The highest BCUT2D eigenvalue weighted by molar-refractivity contribution is 6.61. The van der Waals surface area contributed by atoms with E-state index in [9.17, 15) is 9.59 Å². The van der Waals surface area contributed by atoms with Crippen molar-refractivity contribution >= 4 is 23.1 Å². The summed E-state index contributed by atoms with van der Waals surface area (Å²) in [4.78, 5) is 22.8. The van der Waals surface area contributed by atoms with Crippen molar-refractivity contribution in [2.45, 2.75) is 26.8 Å². The number of hydrogen-bond acceptors (Lipinski definition) is 3. The van der Waals surface area contributed by atoms with Gasteiger partial charge in [-0.3, -0.25) is 0 Å². The van der Waals surface area contributed by atoms with Crippen molar-refractivity contribution in [1.82, 2.24) is 4.90 Å². The number of carbonyl (C=O) groups excluding carboxylic acids is 1. The van der Waals surface area contributed by atoms with Crippen LogP contribution in [-0.2, 0) is 4.74 Å². The first-order chi connectivity index (χ1) is 7.23. The highest BCUT2D eigenvalue weighted by Crippen LogP contribution is 2.38. The average Bonchev–Trinajstić information content (AvgIpc) is 1.96. The lowest BCUT2D eigenvalue weighted by atomic mass is 9.72. The second-order valence-electron chi connectivity index (χ2n) is 5.05. The summed E-state index contributed by atoms with van der Waals surface area (Å²) in [6.07, 6.45) is -0.937. The highest BCUT2D eigenvalue weighted by atomic mass is 35.5. The number of nitrogens with zero attached hydrogens (tertiary/aromatic N) is 1. The zero-order chi connectivity index (χ0) is 12.5. The van der Waals surface area contributed by atoms with Crippen LogP contribution in [0, 0.1) is 11.3 Å². The summed E-state index contributed by atoms with van der Waals surface area (Å²) in [6, 6.07) is -0.138. The van der Waals surface area contributed by atoms with E-state index in [1.807, 2.05) is 20.8 Å². The Kier molecular flexibility index (Phi) is 3.68. The number of carbonyl (C=O) groups is 2. The lowest BCUT2D eigenvalue weighted by Gasteiger charge is -2.52. The van der Waals surface area contributed by atoms with E-state index in [1.165, 1.54) is 4.90 Å². The molecule has 0 bridgehead atoms. The quantitative estimate of drug-likeness (QED) is 0.763. The number of halogens is 1. The largest absolute Gasteiger partial charge is 0.465 e. The van der Waals surface area contributed by atoms with Gasteiger partial charge in [0.15, 0.2) is 0 Å². The molecule has 0 saturated carbocycles. The second-order valence-corrected chi connectivity index (χ2v) is 5.36. The number of carboxylic acid groups (broad SMARTS) is 1. The summed E-state index contributed by atoms with van der Waals surface area (Å²) in [5.74, 6) is 0.0267. The standard InChI is InChI=1S/C10H16ClNO4/c1-10(2,3)7-6(5-16-8(11)13)4-12(7)9(14)15/h6-7H,4-5H2,1-3H3,(H,14,15). The second kappa shape index (κ2) is 4.49. The first kappa shape index (κ1) is 13.1. The molecule has 0 radical (unpaired) electrons. The molecule has 16 heavy (non-hydrogen) atoms. The molecule has 2 atom stereocenters. The third-order valence-electron chi connectivity index (χ3n) is 2.76. The predicted octanol–water partition coefficient (Wildman–Crippen LogP) is 2.39. The fourth-order valence-electron chi connectivity index (χ4n) is 2.27. The fraction of sp³-hybridized carbons (Fsp3) is 0.800. The summed E-state index contributed by atoms with van der Waals surface area (Å²) in [5, 5.41) is 8.95. The van der Waals surface area contributed by atoms with E-state index in [4.69, 9.17) is 21.4 Å². The van der Waals surface area contributed by atoms with Gasteiger partial charge in [-0.25, -0.2) is 9.59 Å². The molecule has 0 aromatic heterocycles. The zero-order valence-corrected chi connectivity index (χ0v) is 10.3. The normalized spacial score (nSPS) is 24.9. The van der Waals surface area contributed by atoms with E-state index in [0.29, 0.717) is 6.54 Å². The molecule has 0 aromatic rings. The minimum atomic E-state index is -0.937. The Morgan fingerprint density at radius 1 is 1.50 bits per heavy atom. The van der Waals surface area contributed by atoms with E-state index in [2.05, 4.69) is 0 Å². The van der Waals surface area contributed by atoms with Crippen LogP contribution in [0.3, 0.4) is 0 Å². The molecule has 92 valence electrons. The molecular weight excluding hydrogens is 234 g/mol. The zero-order valence-electron chi connectivity index (χ0n) is 9.57. The van der Waals surface area contributed by atoms with Gasteiger partial charge >= 0.3 is 11.5 Å². The van der Waals surface area contributed by atoms with E-state index >= 15 is 0 Å². The highest BCUT2D eigenvalue weighted by Gasteiger charge is 2.48. The molecule has 2 unspecified atom stereocenters. The van der Waals surface area contributed by atoms with E-state index < -0.39 is 11.5 Å². The van der Waals surface area contributed by atoms with Crippen LogP contribution in [0.2, 0.25) is 0 Å². The van der Waals surface area contributed by atoms with Gasteiger partial charge in [0.25, 0.3) is 0 Å². The van der Waals surface area contributed by atoms with Gasteiger partial charge < -0.3 is 14.7 Å². The van der Waals surface area contributed by atoms with Crippen LogP contribution in [0.4, 0.5) is 9.59 Å². The molecular formula is C10H16ClNO4. The summed E-state index contributed by atoms with van der Waals surface area (Å²) < 4.78 is 4.71. The van der Waals surface area contributed by atoms with Crippen LogP contribution in [-0.4, -0.2) is 40.7 Å². The Labute approximate surface area is 99.3 Å². The van der Waals surface area contributed by atoms with Crippen molar-refractivity contribution in [1.29, 1.82) is 0 Å². The summed E-state index contributed by atoms with van der Waals surface area (Å²) in [6.45, 7) is 6.45. The molecule has 1 fully saturated rings. The lowest BCUT2D eigenvalue weighted by molar-refractivity contribution is -0.0555. The molecule has 0 aromatic carbocycles.